The number of carbonyl (C=O) groups excluding carboxylic acids is 1. The van der Waals surface area contributed by atoms with Gasteiger partial charge in [-0.1, -0.05) is 24.6 Å². The number of rotatable bonds is 5. The zero-order valence-corrected chi connectivity index (χ0v) is 13.8. The van der Waals surface area contributed by atoms with Crippen molar-refractivity contribution in [1.82, 2.24) is 10.2 Å². The Labute approximate surface area is 139 Å². The Hall–Kier alpha value is -1.66. The minimum atomic E-state index is -1.16. The van der Waals surface area contributed by atoms with Gasteiger partial charge in [0.1, 0.15) is 11.7 Å². The molecule has 0 spiro atoms. The number of hydrogen-bond donors (Lipinski definition) is 2. The molecule has 1 heterocycles. The highest BCUT2D eigenvalue weighted by Gasteiger charge is 2.37. The largest absolute Gasteiger partial charge is 0.481 e. The summed E-state index contributed by atoms with van der Waals surface area (Å²) in [7, 11) is 0. The molecule has 0 radical (unpaired) electrons. The van der Waals surface area contributed by atoms with E-state index in [0.717, 1.165) is 18.7 Å². The van der Waals surface area contributed by atoms with Crippen molar-refractivity contribution in [2.75, 3.05) is 13.1 Å². The molecular formula is C16H20ClFN2O3. The lowest BCUT2D eigenvalue weighted by Gasteiger charge is -2.28. The van der Waals surface area contributed by atoms with E-state index in [0.29, 0.717) is 6.42 Å². The molecule has 2 N–H and O–H groups in total. The van der Waals surface area contributed by atoms with Gasteiger partial charge in [0.25, 0.3) is 0 Å². The minimum absolute atomic E-state index is 0.0508. The second kappa shape index (κ2) is 7.27. The fourth-order valence-corrected chi connectivity index (χ4v) is 3.04. The molecule has 3 unspecified atom stereocenters. The lowest BCUT2D eigenvalue weighted by Crippen LogP contribution is -2.43. The quantitative estimate of drug-likeness (QED) is 0.806. The summed E-state index contributed by atoms with van der Waals surface area (Å²) in [5.41, 5.74) is 0.722. The maximum Gasteiger partial charge on any atom is 0.315 e. The Morgan fingerprint density at radius 1 is 1.52 bits per heavy atom. The highest BCUT2D eigenvalue weighted by atomic mass is 35.5. The van der Waals surface area contributed by atoms with Gasteiger partial charge in [-0.25, -0.2) is 4.39 Å². The van der Waals surface area contributed by atoms with E-state index in [-0.39, 0.29) is 17.1 Å². The predicted octanol–water partition coefficient (Wildman–Crippen LogP) is 2.45. The van der Waals surface area contributed by atoms with Crippen molar-refractivity contribution >= 4 is 23.5 Å². The van der Waals surface area contributed by atoms with Crippen LogP contribution in [0.1, 0.15) is 31.9 Å². The lowest BCUT2D eigenvalue weighted by atomic mass is 9.99. The average molecular weight is 343 g/mol. The minimum Gasteiger partial charge on any atom is -0.481 e. The van der Waals surface area contributed by atoms with Crippen molar-refractivity contribution in [3.8, 4) is 0 Å². The van der Waals surface area contributed by atoms with Gasteiger partial charge in [-0.2, -0.15) is 0 Å². The normalized spacial score (nSPS) is 22.8. The molecule has 0 bridgehead atoms. The molecule has 23 heavy (non-hydrogen) atoms. The van der Waals surface area contributed by atoms with Gasteiger partial charge in [0.05, 0.1) is 11.1 Å². The molecule has 5 nitrogen and oxygen atoms in total. The first-order valence-electron chi connectivity index (χ1n) is 7.57. The van der Waals surface area contributed by atoms with Crippen molar-refractivity contribution < 1.29 is 19.1 Å². The van der Waals surface area contributed by atoms with Crippen LogP contribution in [0.15, 0.2) is 18.2 Å². The van der Waals surface area contributed by atoms with E-state index >= 15 is 0 Å². The van der Waals surface area contributed by atoms with Gasteiger partial charge in [-0.05, 0) is 37.6 Å². The number of halogens is 2. The number of benzene rings is 1. The smallest absolute Gasteiger partial charge is 0.315 e. The van der Waals surface area contributed by atoms with E-state index in [4.69, 9.17) is 16.7 Å². The first kappa shape index (κ1) is 17.7. The third-order valence-electron chi connectivity index (χ3n) is 4.28. The number of hydrogen-bond acceptors (Lipinski definition) is 3. The summed E-state index contributed by atoms with van der Waals surface area (Å²) < 4.78 is 13.8. The topological polar surface area (TPSA) is 69.6 Å². The number of carboxylic acids is 1. The number of likely N-dealkylation sites (tertiary alicyclic amines) is 1. The van der Waals surface area contributed by atoms with Crippen LogP contribution < -0.4 is 5.32 Å². The summed E-state index contributed by atoms with van der Waals surface area (Å²) in [6.45, 7) is 4.83. The standard InChI is InChI=1S/C16H20ClFN2O3/c1-3-20-7-6-13(19-15(21)9(2)16(22)23)14(20)10-4-5-11(17)12(18)8-10/h4-5,8-9,13-14H,3,6-7H2,1-2H3,(H,19,21)(H,22,23). The van der Waals surface area contributed by atoms with Gasteiger partial charge in [-0.15, -0.1) is 0 Å². The van der Waals surface area contributed by atoms with Gasteiger partial charge >= 0.3 is 5.97 Å². The zero-order chi connectivity index (χ0) is 17.1. The van der Waals surface area contributed by atoms with Gasteiger partial charge in [0.2, 0.25) is 5.91 Å². The zero-order valence-electron chi connectivity index (χ0n) is 13.1. The SMILES string of the molecule is CCN1CCC(NC(=O)C(C)C(=O)O)C1c1ccc(Cl)c(F)c1. The van der Waals surface area contributed by atoms with Crippen LogP contribution in [-0.2, 0) is 9.59 Å². The van der Waals surface area contributed by atoms with Crippen molar-refractivity contribution in [3.63, 3.8) is 0 Å². The molecule has 1 saturated heterocycles. The summed E-state index contributed by atoms with van der Waals surface area (Å²) in [5, 5.41) is 11.8. The third kappa shape index (κ3) is 3.82. The molecular weight excluding hydrogens is 323 g/mol. The summed E-state index contributed by atoms with van der Waals surface area (Å²) in [4.78, 5) is 25.1. The molecule has 1 aliphatic heterocycles. The second-order valence-corrected chi connectivity index (χ2v) is 6.12. The van der Waals surface area contributed by atoms with E-state index < -0.39 is 23.6 Å². The van der Waals surface area contributed by atoms with E-state index in [9.17, 15) is 14.0 Å². The lowest BCUT2D eigenvalue weighted by molar-refractivity contribution is -0.146. The van der Waals surface area contributed by atoms with Gasteiger partial charge in [0, 0.05) is 12.6 Å². The van der Waals surface area contributed by atoms with Gasteiger partial charge in [-0.3, -0.25) is 14.5 Å². The van der Waals surface area contributed by atoms with Crippen molar-refractivity contribution in [1.29, 1.82) is 0 Å². The fraction of sp³-hybridized carbons (Fsp3) is 0.500. The number of amides is 1. The number of likely N-dealkylation sites (N-methyl/N-ethyl adjacent to an activating group) is 1. The first-order chi connectivity index (χ1) is 10.8. The Kier molecular flexibility index (Phi) is 5.59. The van der Waals surface area contributed by atoms with Crippen LogP contribution in [0.25, 0.3) is 0 Å². The number of aliphatic carboxylic acids is 1. The molecule has 1 aromatic carbocycles. The summed E-state index contributed by atoms with van der Waals surface area (Å²) >= 11 is 5.73. The Morgan fingerprint density at radius 2 is 2.22 bits per heavy atom. The maximum atomic E-state index is 13.8. The van der Waals surface area contributed by atoms with Crippen LogP contribution in [0.5, 0.6) is 0 Å². The second-order valence-electron chi connectivity index (χ2n) is 5.71. The Bertz CT molecular complexity index is 611. The summed E-state index contributed by atoms with van der Waals surface area (Å²) in [6, 6.07) is 4.16. The molecule has 0 saturated carbocycles. The molecule has 1 fully saturated rings. The van der Waals surface area contributed by atoms with Crippen LogP contribution in [-0.4, -0.2) is 41.0 Å². The Balaban J connectivity index is 2.23. The van der Waals surface area contributed by atoms with E-state index in [2.05, 4.69) is 10.2 Å². The first-order valence-corrected chi connectivity index (χ1v) is 7.95. The molecule has 0 aliphatic carbocycles. The number of nitrogens with zero attached hydrogens (tertiary/aromatic N) is 1. The van der Waals surface area contributed by atoms with Gasteiger partial charge in [0.15, 0.2) is 0 Å². The van der Waals surface area contributed by atoms with Crippen molar-refractivity contribution in [3.05, 3.63) is 34.6 Å². The monoisotopic (exact) mass is 342 g/mol. The van der Waals surface area contributed by atoms with E-state index in [1.165, 1.54) is 19.1 Å². The van der Waals surface area contributed by atoms with Crippen LogP contribution >= 0.6 is 11.6 Å². The predicted molar refractivity (Wildman–Crippen MR) is 84.7 cm³/mol. The summed E-state index contributed by atoms with van der Waals surface area (Å²) in [6.07, 6.45) is 0.681. The van der Waals surface area contributed by atoms with Crippen LogP contribution in [0, 0.1) is 11.7 Å². The number of carboxylic acid groups (broad SMARTS) is 1. The Morgan fingerprint density at radius 3 is 2.78 bits per heavy atom. The molecule has 1 amide bonds. The molecule has 1 aromatic rings. The van der Waals surface area contributed by atoms with Crippen LogP contribution in [0.2, 0.25) is 5.02 Å². The number of nitrogens with one attached hydrogen (secondary N) is 1. The van der Waals surface area contributed by atoms with E-state index in [1.807, 2.05) is 6.92 Å². The fourth-order valence-electron chi connectivity index (χ4n) is 2.92. The molecule has 0 aromatic heterocycles. The van der Waals surface area contributed by atoms with Crippen LogP contribution in [0.3, 0.4) is 0 Å². The van der Waals surface area contributed by atoms with E-state index in [1.54, 1.807) is 6.07 Å². The van der Waals surface area contributed by atoms with Crippen molar-refractivity contribution in [2.24, 2.45) is 5.92 Å². The molecule has 126 valence electrons. The molecule has 2 rings (SSSR count). The maximum absolute atomic E-state index is 13.8. The molecule has 3 atom stereocenters. The summed E-state index contributed by atoms with van der Waals surface area (Å²) in [5.74, 6) is -3.31. The number of carbonyl (C=O) groups is 2. The van der Waals surface area contributed by atoms with Crippen LogP contribution in [0.4, 0.5) is 4.39 Å². The third-order valence-corrected chi connectivity index (χ3v) is 4.59. The molecule has 1 aliphatic rings. The molecule has 7 heteroatoms. The van der Waals surface area contributed by atoms with Gasteiger partial charge < -0.3 is 10.4 Å². The highest BCUT2D eigenvalue weighted by Crippen LogP contribution is 2.33. The highest BCUT2D eigenvalue weighted by molar-refractivity contribution is 6.30. The average Bonchev–Trinajstić information content (AvgIpc) is 2.91. The van der Waals surface area contributed by atoms with Crippen molar-refractivity contribution in [2.45, 2.75) is 32.4 Å².